The predicted molar refractivity (Wildman–Crippen MR) is 71.3 cm³/mol. The summed E-state index contributed by atoms with van der Waals surface area (Å²) in [5.74, 6) is 0.648. The molecule has 18 heavy (non-hydrogen) atoms. The third-order valence-electron chi connectivity index (χ3n) is 2.85. The highest BCUT2D eigenvalue weighted by Crippen LogP contribution is 2.30. The molecule has 5 nitrogen and oxygen atoms in total. The maximum Gasteiger partial charge on any atom is 0.322 e. The Morgan fingerprint density at radius 3 is 2.67 bits per heavy atom. The molecule has 0 bridgehead atoms. The van der Waals surface area contributed by atoms with Gasteiger partial charge in [-0.3, -0.25) is 0 Å². The van der Waals surface area contributed by atoms with Gasteiger partial charge in [0, 0.05) is 12.6 Å². The maximum atomic E-state index is 5.92. The molecular formula is C12H19ClN4O. The second-order valence-electron chi connectivity index (χ2n) is 4.40. The minimum atomic E-state index is 0.200. The summed E-state index contributed by atoms with van der Waals surface area (Å²) >= 11 is 5.92. The first-order chi connectivity index (χ1) is 8.74. The largest absolute Gasteiger partial charge is 0.464 e. The summed E-state index contributed by atoms with van der Waals surface area (Å²) in [7, 11) is 0. The first-order valence-electron chi connectivity index (χ1n) is 6.55. The molecule has 0 radical (unpaired) electrons. The lowest BCUT2D eigenvalue weighted by Gasteiger charge is -2.22. The molecule has 6 heteroatoms. The van der Waals surface area contributed by atoms with Gasteiger partial charge in [-0.25, -0.2) is 0 Å². The number of ether oxygens (including phenoxy) is 1. The lowest BCUT2D eigenvalue weighted by atomic mass is 10.3. The standard InChI is InChI=1S/C12H19ClN4O/c1-3-5-8-17(9-6-7-9)11-14-10(13)15-12(16-11)18-4-2/h9H,3-8H2,1-2H3. The summed E-state index contributed by atoms with van der Waals surface area (Å²) in [6.07, 6.45) is 4.69. The van der Waals surface area contributed by atoms with Crippen molar-refractivity contribution in [2.75, 3.05) is 18.1 Å². The van der Waals surface area contributed by atoms with Crippen molar-refractivity contribution in [3.05, 3.63) is 5.28 Å². The fraction of sp³-hybridized carbons (Fsp3) is 0.750. The topological polar surface area (TPSA) is 51.1 Å². The molecule has 0 unspecified atom stereocenters. The van der Waals surface area contributed by atoms with Crippen LogP contribution in [0.4, 0.5) is 5.95 Å². The van der Waals surface area contributed by atoms with Crippen molar-refractivity contribution in [1.29, 1.82) is 0 Å². The van der Waals surface area contributed by atoms with E-state index in [4.69, 9.17) is 16.3 Å². The van der Waals surface area contributed by atoms with Crippen molar-refractivity contribution in [3.8, 4) is 6.01 Å². The minimum absolute atomic E-state index is 0.200. The van der Waals surface area contributed by atoms with E-state index in [0.717, 1.165) is 19.4 Å². The van der Waals surface area contributed by atoms with Gasteiger partial charge in [0.2, 0.25) is 11.2 Å². The van der Waals surface area contributed by atoms with Crippen LogP contribution in [0.25, 0.3) is 0 Å². The van der Waals surface area contributed by atoms with Gasteiger partial charge in [-0.05, 0) is 37.8 Å². The Kier molecular flexibility index (Phi) is 4.58. The lowest BCUT2D eigenvalue weighted by Crippen LogP contribution is -2.29. The molecule has 1 aromatic rings. The Morgan fingerprint density at radius 2 is 2.06 bits per heavy atom. The summed E-state index contributed by atoms with van der Waals surface area (Å²) < 4.78 is 5.31. The Labute approximate surface area is 113 Å². The van der Waals surface area contributed by atoms with Crippen LogP contribution in [0.5, 0.6) is 6.01 Å². The van der Waals surface area contributed by atoms with Gasteiger partial charge >= 0.3 is 6.01 Å². The number of hydrogen-bond acceptors (Lipinski definition) is 5. The molecule has 0 aliphatic heterocycles. The third-order valence-corrected chi connectivity index (χ3v) is 3.02. The first-order valence-corrected chi connectivity index (χ1v) is 6.93. The van der Waals surface area contributed by atoms with Crippen LogP contribution in [-0.2, 0) is 0 Å². The monoisotopic (exact) mass is 270 g/mol. The van der Waals surface area contributed by atoms with Gasteiger partial charge in [0.05, 0.1) is 6.61 Å². The van der Waals surface area contributed by atoms with Crippen LogP contribution in [-0.4, -0.2) is 34.1 Å². The van der Waals surface area contributed by atoms with E-state index in [2.05, 4.69) is 26.8 Å². The highest BCUT2D eigenvalue weighted by Gasteiger charge is 2.31. The predicted octanol–water partition coefficient (Wildman–Crippen LogP) is 2.69. The van der Waals surface area contributed by atoms with Gasteiger partial charge in [-0.2, -0.15) is 15.0 Å². The van der Waals surface area contributed by atoms with Crippen molar-refractivity contribution < 1.29 is 4.74 Å². The summed E-state index contributed by atoms with van der Waals surface area (Å²) in [5, 5.41) is 0.200. The molecule has 1 aromatic heterocycles. The highest BCUT2D eigenvalue weighted by molar-refractivity contribution is 6.28. The van der Waals surface area contributed by atoms with E-state index in [1.54, 1.807) is 0 Å². The molecule has 1 fully saturated rings. The van der Waals surface area contributed by atoms with Crippen LogP contribution in [0, 0.1) is 0 Å². The third kappa shape index (κ3) is 3.45. The average Bonchev–Trinajstić information content (AvgIpc) is 3.14. The molecule has 1 heterocycles. The first kappa shape index (κ1) is 13.3. The second-order valence-corrected chi connectivity index (χ2v) is 4.74. The van der Waals surface area contributed by atoms with Gasteiger partial charge in [-0.15, -0.1) is 0 Å². The van der Waals surface area contributed by atoms with Gasteiger partial charge < -0.3 is 9.64 Å². The van der Waals surface area contributed by atoms with Gasteiger partial charge in [0.15, 0.2) is 0 Å². The van der Waals surface area contributed by atoms with E-state index in [0.29, 0.717) is 24.6 Å². The zero-order valence-electron chi connectivity index (χ0n) is 10.9. The summed E-state index contributed by atoms with van der Waals surface area (Å²) in [5.41, 5.74) is 0. The van der Waals surface area contributed by atoms with Crippen LogP contribution in [0.15, 0.2) is 0 Å². The van der Waals surface area contributed by atoms with Crippen LogP contribution in [0.3, 0.4) is 0 Å². The van der Waals surface area contributed by atoms with E-state index >= 15 is 0 Å². The molecule has 0 aromatic carbocycles. The van der Waals surface area contributed by atoms with Crippen LogP contribution in [0.1, 0.15) is 39.5 Å². The Hall–Kier alpha value is -1.10. The number of halogens is 1. The molecule has 0 amide bonds. The molecule has 0 atom stereocenters. The number of anilines is 1. The highest BCUT2D eigenvalue weighted by atomic mass is 35.5. The number of unbranched alkanes of at least 4 members (excludes halogenated alkanes) is 1. The second kappa shape index (κ2) is 6.18. The minimum Gasteiger partial charge on any atom is -0.464 e. The SMILES string of the molecule is CCCCN(c1nc(Cl)nc(OCC)n1)C1CC1. The number of rotatable bonds is 7. The van der Waals surface area contributed by atoms with E-state index < -0.39 is 0 Å². The van der Waals surface area contributed by atoms with Crippen molar-refractivity contribution in [1.82, 2.24) is 15.0 Å². The van der Waals surface area contributed by atoms with Crippen molar-refractivity contribution in [3.63, 3.8) is 0 Å². The number of hydrogen-bond donors (Lipinski definition) is 0. The lowest BCUT2D eigenvalue weighted by molar-refractivity contribution is 0.311. The number of nitrogens with zero attached hydrogens (tertiary/aromatic N) is 4. The molecule has 0 spiro atoms. The summed E-state index contributed by atoms with van der Waals surface area (Å²) in [6.45, 7) is 5.56. The molecule has 2 rings (SSSR count). The van der Waals surface area contributed by atoms with Gasteiger partial charge in [-0.1, -0.05) is 13.3 Å². The van der Waals surface area contributed by atoms with Crippen molar-refractivity contribution in [2.24, 2.45) is 0 Å². The molecule has 100 valence electrons. The van der Waals surface area contributed by atoms with E-state index in [1.807, 2.05) is 6.92 Å². The van der Waals surface area contributed by atoms with Crippen LogP contribution in [0.2, 0.25) is 5.28 Å². The summed E-state index contributed by atoms with van der Waals surface area (Å²) in [4.78, 5) is 14.7. The molecule has 0 saturated heterocycles. The molecule has 1 aliphatic carbocycles. The van der Waals surface area contributed by atoms with Gasteiger partial charge in [0.25, 0.3) is 0 Å². The van der Waals surface area contributed by atoms with Crippen LogP contribution < -0.4 is 9.64 Å². The van der Waals surface area contributed by atoms with E-state index in [1.165, 1.54) is 12.8 Å². The van der Waals surface area contributed by atoms with Crippen LogP contribution >= 0.6 is 11.6 Å². The Bertz CT molecular complexity index is 398. The quantitative estimate of drug-likeness (QED) is 0.762. The van der Waals surface area contributed by atoms with E-state index in [9.17, 15) is 0 Å². The Balaban J connectivity index is 2.17. The normalized spacial score (nSPS) is 14.6. The summed E-state index contributed by atoms with van der Waals surface area (Å²) in [6, 6.07) is 0.874. The average molecular weight is 271 g/mol. The van der Waals surface area contributed by atoms with Gasteiger partial charge in [0.1, 0.15) is 0 Å². The van der Waals surface area contributed by atoms with Crippen molar-refractivity contribution in [2.45, 2.75) is 45.6 Å². The molecule has 0 N–H and O–H groups in total. The fourth-order valence-corrected chi connectivity index (χ4v) is 1.95. The Morgan fingerprint density at radius 1 is 1.28 bits per heavy atom. The fourth-order valence-electron chi connectivity index (χ4n) is 1.80. The smallest absolute Gasteiger partial charge is 0.322 e. The zero-order valence-corrected chi connectivity index (χ0v) is 11.7. The molecule has 1 aliphatic rings. The zero-order chi connectivity index (χ0) is 13.0. The van der Waals surface area contributed by atoms with E-state index in [-0.39, 0.29) is 5.28 Å². The van der Waals surface area contributed by atoms with Crippen molar-refractivity contribution >= 4 is 17.5 Å². The number of aromatic nitrogens is 3. The molecule has 1 saturated carbocycles. The maximum absolute atomic E-state index is 5.92. The molecular weight excluding hydrogens is 252 g/mol.